The first-order valence-corrected chi connectivity index (χ1v) is 5.50. The average molecular weight is 247 g/mol. The zero-order chi connectivity index (χ0) is 12.1. The molecule has 0 aliphatic heterocycles. The highest BCUT2D eigenvalue weighted by atomic mass is 32.2. The smallest absolute Gasteiger partial charge is 0.191 e. The molecule has 2 heterocycles. The molecule has 2 rings (SSSR count). The molecule has 0 aromatic carbocycles. The minimum Gasteiger partial charge on any atom is -0.409 e. The molecular weight excluding hydrogens is 238 g/mol. The van der Waals surface area contributed by atoms with Crippen LogP contribution < -0.4 is 5.73 Å². The van der Waals surface area contributed by atoms with Crippen LogP contribution in [0.5, 0.6) is 0 Å². The maximum Gasteiger partial charge on any atom is 0.191 e. The number of nitrogens with two attached hydrogens (primary N) is 1. The second-order valence-electron chi connectivity index (χ2n) is 2.97. The van der Waals surface area contributed by atoms with Crippen LogP contribution in [0.2, 0.25) is 0 Å². The van der Waals surface area contributed by atoms with Gasteiger partial charge in [0.15, 0.2) is 5.84 Å². The van der Waals surface area contributed by atoms with Gasteiger partial charge in [0.05, 0.1) is 0 Å². The van der Waals surface area contributed by atoms with Gasteiger partial charge in [0, 0.05) is 18.6 Å². The van der Waals surface area contributed by atoms with Crippen LogP contribution in [-0.4, -0.2) is 26.0 Å². The molecule has 0 atom stereocenters. The predicted molar refractivity (Wildman–Crippen MR) is 62.9 cm³/mol. The first-order chi connectivity index (χ1) is 8.31. The SMILES string of the molecule is NC(=NO)c1nccnc1Sc1ccccn1. The molecule has 17 heavy (non-hydrogen) atoms. The molecule has 0 spiro atoms. The number of rotatable bonds is 3. The Kier molecular flexibility index (Phi) is 3.51. The zero-order valence-corrected chi connectivity index (χ0v) is 9.50. The fourth-order valence-electron chi connectivity index (χ4n) is 1.13. The van der Waals surface area contributed by atoms with Crippen LogP contribution in [0.1, 0.15) is 5.69 Å². The van der Waals surface area contributed by atoms with E-state index in [-0.39, 0.29) is 5.84 Å². The number of hydrogen-bond donors (Lipinski definition) is 2. The van der Waals surface area contributed by atoms with E-state index in [9.17, 15) is 0 Å². The first kappa shape index (κ1) is 11.3. The fraction of sp³-hybridized carbons (Fsp3) is 0. The molecule has 0 saturated carbocycles. The van der Waals surface area contributed by atoms with Crippen molar-refractivity contribution in [2.24, 2.45) is 10.9 Å². The van der Waals surface area contributed by atoms with Gasteiger partial charge in [0.1, 0.15) is 15.7 Å². The molecule has 0 aliphatic carbocycles. The molecule has 2 aromatic rings. The largest absolute Gasteiger partial charge is 0.409 e. The van der Waals surface area contributed by atoms with E-state index in [4.69, 9.17) is 10.9 Å². The lowest BCUT2D eigenvalue weighted by Gasteiger charge is -2.04. The summed E-state index contributed by atoms with van der Waals surface area (Å²) in [6, 6.07) is 5.54. The fourth-order valence-corrected chi connectivity index (χ4v) is 1.96. The van der Waals surface area contributed by atoms with Crippen molar-refractivity contribution in [3.8, 4) is 0 Å². The quantitative estimate of drug-likeness (QED) is 0.365. The second kappa shape index (κ2) is 5.26. The van der Waals surface area contributed by atoms with Gasteiger partial charge >= 0.3 is 0 Å². The van der Waals surface area contributed by atoms with Gasteiger partial charge in [-0.2, -0.15) is 0 Å². The van der Waals surface area contributed by atoms with Gasteiger partial charge < -0.3 is 10.9 Å². The van der Waals surface area contributed by atoms with Crippen LogP contribution in [-0.2, 0) is 0 Å². The van der Waals surface area contributed by atoms with Gasteiger partial charge in [-0.15, -0.1) is 0 Å². The molecule has 2 aromatic heterocycles. The van der Waals surface area contributed by atoms with E-state index in [1.807, 2.05) is 18.2 Å². The molecule has 0 unspecified atom stereocenters. The number of hydrogen-bond acceptors (Lipinski definition) is 6. The molecule has 0 fully saturated rings. The zero-order valence-electron chi connectivity index (χ0n) is 8.69. The van der Waals surface area contributed by atoms with Gasteiger partial charge in [-0.3, -0.25) is 0 Å². The van der Waals surface area contributed by atoms with E-state index in [0.29, 0.717) is 10.7 Å². The maximum atomic E-state index is 8.65. The standard InChI is InChI=1S/C10H9N5OS/c11-9(15-16)8-10(14-6-5-13-8)17-7-3-1-2-4-12-7/h1-6,16H,(H2,11,15). The molecular formula is C10H9N5OS. The van der Waals surface area contributed by atoms with Crippen molar-refractivity contribution in [3.05, 3.63) is 42.5 Å². The van der Waals surface area contributed by atoms with Crippen LogP contribution in [0.4, 0.5) is 0 Å². The molecule has 0 aliphatic rings. The lowest BCUT2D eigenvalue weighted by atomic mass is 10.4. The van der Waals surface area contributed by atoms with E-state index in [2.05, 4.69) is 20.1 Å². The highest BCUT2D eigenvalue weighted by molar-refractivity contribution is 7.99. The van der Waals surface area contributed by atoms with Crippen LogP contribution in [0.25, 0.3) is 0 Å². The van der Waals surface area contributed by atoms with Crippen molar-refractivity contribution in [1.29, 1.82) is 0 Å². The number of pyridine rings is 1. The summed E-state index contributed by atoms with van der Waals surface area (Å²) in [4.78, 5) is 12.3. The molecule has 7 heteroatoms. The van der Waals surface area contributed by atoms with Crippen LogP contribution in [0.3, 0.4) is 0 Å². The van der Waals surface area contributed by atoms with Crippen LogP contribution >= 0.6 is 11.8 Å². The van der Waals surface area contributed by atoms with Crippen molar-refractivity contribution in [2.75, 3.05) is 0 Å². The lowest BCUT2D eigenvalue weighted by molar-refractivity contribution is 0.318. The van der Waals surface area contributed by atoms with Crippen molar-refractivity contribution in [2.45, 2.75) is 10.1 Å². The average Bonchev–Trinajstić information content (AvgIpc) is 2.40. The van der Waals surface area contributed by atoms with E-state index in [1.165, 1.54) is 18.0 Å². The lowest BCUT2D eigenvalue weighted by Crippen LogP contribution is -2.16. The topological polar surface area (TPSA) is 97.3 Å². The summed E-state index contributed by atoms with van der Waals surface area (Å²) < 4.78 is 0. The Morgan fingerprint density at radius 1 is 1.18 bits per heavy atom. The highest BCUT2D eigenvalue weighted by Crippen LogP contribution is 2.25. The minimum absolute atomic E-state index is 0.0727. The van der Waals surface area contributed by atoms with Crippen molar-refractivity contribution >= 4 is 17.6 Å². The van der Waals surface area contributed by atoms with Gasteiger partial charge in [-0.1, -0.05) is 11.2 Å². The Morgan fingerprint density at radius 3 is 2.71 bits per heavy atom. The Balaban J connectivity index is 2.33. The summed E-state index contributed by atoms with van der Waals surface area (Å²) >= 11 is 1.30. The van der Waals surface area contributed by atoms with E-state index >= 15 is 0 Å². The predicted octanol–water partition coefficient (Wildman–Crippen LogP) is 1.12. The summed E-state index contributed by atoms with van der Waals surface area (Å²) in [7, 11) is 0. The molecule has 3 N–H and O–H groups in total. The maximum absolute atomic E-state index is 8.65. The first-order valence-electron chi connectivity index (χ1n) is 4.69. The third kappa shape index (κ3) is 2.70. The summed E-state index contributed by atoms with van der Waals surface area (Å²) in [6.45, 7) is 0. The summed E-state index contributed by atoms with van der Waals surface area (Å²) in [5, 5.41) is 12.9. The minimum atomic E-state index is -0.0727. The van der Waals surface area contributed by atoms with Gasteiger partial charge in [-0.25, -0.2) is 15.0 Å². The number of aromatic nitrogens is 3. The monoisotopic (exact) mass is 247 g/mol. The third-order valence-corrected chi connectivity index (χ3v) is 2.80. The van der Waals surface area contributed by atoms with E-state index in [1.54, 1.807) is 12.4 Å². The molecule has 0 radical (unpaired) electrons. The van der Waals surface area contributed by atoms with Crippen LogP contribution in [0, 0.1) is 0 Å². The number of nitrogens with zero attached hydrogens (tertiary/aromatic N) is 4. The Bertz CT molecular complexity index is 531. The van der Waals surface area contributed by atoms with Crippen molar-refractivity contribution in [3.63, 3.8) is 0 Å². The molecule has 86 valence electrons. The van der Waals surface area contributed by atoms with Crippen LogP contribution in [0.15, 0.2) is 52.0 Å². The summed E-state index contributed by atoms with van der Waals surface area (Å²) in [5.41, 5.74) is 5.85. The third-order valence-electron chi connectivity index (χ3n) is 1.85. The Hall–Kier alpha value is -2.15. The van der Waals surface area contributed by atoms with E-state index < -0.39 is 0 Å². The highest BCUT2D eigenvalue weighted by Gasteiger charge is 2.11. The number of oxime groups is 1. The van der Waals surface area contributed by atoms with Crippen molar-refractivity contribution in [1.82, 2.24) is 15.0 Å². The molecule has 0 saturated heterocycles. The van der Waals surface area contributed by atoms with E-state index in [0.717, 1.165) is 5.03 Å². The van der Waals surface area contributed by atoms with Gasteiger partial charge in [0.25, 0.3) is 0 Å². The summed E-state index contributed by atoms with van der Waals surface area (Å²) in [6.07, 6.45) is 4.71. The number of amidine groups is 1. The Labute approximate surface area is 102 Å². The van der Waals surface area contributed by atoms with Crippen molar-refractivity contribution < 1.29 is 5.21 Å². The van der Waals surface area contributed by atoms with Gasteiger partial charge in [0.2, 0.25) is 0 Å². The molecule has 0 bridgehead atoms. The Morgan fingerprint density at radius 2 is 2.00 bits per heavy atom. The molecule has 6 nitrogen and oxygen atoms in total. The molecule has 0 amide bonds. The summed E-state index contributed by atoms with van der Waals surface area (Å²) in [5.74, 6) is -0.0727. The van der Waals surface area contributed by atoms with Gasteiger partial charge in [-0.05, 0) is 23.9 Å². The second-order valence-corrected chi connectivity index (χ2v) is 3.97. The normalized spacial score (nSPS) is 11.4.